The van der Waals surface area contributed by atoms with Crippen molar-refractivity contribution in [2.24, 2.45) is 4.99 Å². The summed E-state index contributed by atoms with van der Waals surface area (Å²) in [5.41, 5.74) is 2.05. The summed E-state index contributed by atoms with van der Waals surface area (Å²) in [7, 11) is 3.15. The first kappa shape index (κ1) is 29.7. The average molecular weight is 601 g/mol. The summed E-state index contributed by atoms with van der Waals surface area (Å²) < 4.78 is 29.8. The number of hydrogen-bond acceptors (Lipinski definition) is 9. The SMILES string of the molecule is CCOC(=O)C1=C(C)N=c2s/c(=C/c3ccc(OCCOc4ccccc4)c(OC)c3)c(=O)n2[C@H]1c1ccc(OC)cc1. The molecule has 2 heterocycles. The quantitative estimate of drug-likeness (QED) is 0.187. The molecule has 1 aliphatic heterocycles. The molecule has 0 bridgehead atoms. The van der Waals surface area contributed by atoms with Gasteiger partial charge < -0.3 is 23.7 Å². The van der Waals surface area contributed by atoms with Gasteiger partial charge in [0, 0.05) is 0 Å². The van der Waals surface area contributed by atoms with Gasteiger partial charge in [0.05, 0.1) is 42.7 Å². The Morgan fingerprint density at radius 2 is 1.67 bits per heavy atom. The molecule has 0 unspecified atom stereocenters. The van der Waals surface area contributed by atoms with Crippen molar-refractivity contribution < 1.29 is 28.5 Å². The van der Waals surface area contributed by atoms with E-state index in [1.165, 1.54) is 11.3 Å². The number of aromatic nitrogens is 1. The summed E-state index contributed by atoms with van der Waals surface area (Å²) in [6.45, 7) is 4.41. The van der Waals surface area contributed by atoms with Crippen molar-refractivity contribution in [2.45, 2.75) is 19.9 Å². The summed E-state index contributed by atoms with van der Waals surface area (Å²) in [4.78, 5) is 32.1. The number of thiazole rings is 1. The largest absolute Gasteiger partial charge is 0.497 e. The summed E-state index contributed by atoms with van der Waals surface area (Å²) in [6.07, 6.45) is 1.78. The van der Waals surface area contributed by atoms with E-state index >= 15 is 0 Å². The maximum Gasteiger partial charge on any atom is 0.338 e. The molecule has 0 amide bonds. The lowest BCUT2D eigenvalue weighted by Crippen LogP contribution is -2.39. The van der Waals surface area contributed by atoms with Gasteiger partial charge in [-0.25, -0.2) is 9.79 Å². The van der Waals surface area contributed by atoms with Crippen LogP contribution in [-0.4, -0.2) is 44.6 Å². The number of hydrogen-bond donors (Lipinski definition) is 0. The molecule has 0 radical (unpaired) electrons. The summed E-state index contributed by atoms with van der Waals surface area (Å²) in [5, 5.41) is 0. The highest BCUT2D eigenvalue weighted by molar-refractivity contribution is 7.07. The zero-order chi connectivity index (χ0) is 30.3. The van der Waals surface area contributed by atoms with Gasteiger partial charge in [0.2, 0.25) is 0 Å². The molecule has 0 aliphatic carbocycles. The fourth-order valence-corrected chi connectivity index (χ4v) is 5.81. The molecule has 0 saturated carbocycles. The first-order valence-electron chi connectivity index (χ1n) is 13.8. The Morgan fingerprint density at radius 3 is 2.37 bits per heavy atom. The third-order valence-corrected chi connectivity index (χ3v) is 7.77. The number of benzene rings is 3. The van der Waals surface area contributed by atoms with Crippen molar-refractivity contribution >= 4 is 23.4 Å². The summed E-state index contributed by atoms with van der Waals surface area (Å²) in [5.74, 6) is 2.02. The van der Waals surface area contributed by atoms with Crippen LogP contribution in [0.1, 0.15) is 31.0 Å². The Morgan fingerprint density at radius 1 is 0.930 bits per heavy atom. The van der Waals surface area contributed by atoms with Crippen LogP contribution >= 0.6 is 11.3 Å². The van der Waals surface area contributed by atoms with E-state index in [4.69, 9.17) is 23.7 Å². The van der Waals surface area contributed by atoms with E-state index in [9.17, 15) is 9.59 Å². The molecule has 222 valence electrons. The Bertz CT molecular complexity index is 1810. The molecule has 0 fully saturated rings. The monoisotopic (exact) mass is 600 g/mol. The van der Waals surface area contributed by atoms with Gasteiger partial charge in [-0.2, -0.15) is 0 Å². The van der Waals surface area contributed by atoms with Crippen LogP contribution in [0.25, 0.3) is 6.08 Å². The van der Waals surface area contributed by atoms with Crippen LogP contribution in [0.15, 0.2) is 93.9 Å². The van der Waals surface area contributed by atoms with Crippen LogP contribution in [0.5, 0.6) is 23.0 Å². The fourth-order valence-electron chi connectivity index (χ4n) is 4.77. The third-order valence-electron chi connectivity index (χ3n) is 6.79. The number of ether oxygens (including phenoxy) is 5. The van der Waals surface area contributed by atoms with Gasteiger partial charge in [0.1, 0.15) is 24.7 Å². The Balaban J connectivity index is 1.46. The van der Waals surface area contributed by atoms with Gasteiger partial charge in [-0.05, 0) is 67.4 Å². The van der Waals surface area contributed by atoms with Crippen molar-refractivity contribution in [1.29, 1.82) is 0 Å². The highest BCUT2D eigenvalue weighted by atomic mass is 32.1. The van der Waals surface area contributed by atoms with Crippen molar-refractivity contribution in [1.82, 2.24) is 4.57 Å². The highest BCUT2D eigenvalue weighted by Crippen LogP contribution is 2.32. The minimum absolute atomic E-state index is 0.205. The number of methoxy groups -OCH3 is 2. The molecule has 9 nitrogen and oxygen atoms in total. The first-order chi connectivity index (χ1) is 20.9. The van der Waals surface area contributed by atoms with Crippen molar-refractivity contribution in [2.75, 3.05) is 34.0 Å². The number of para-hydroxylation sites is 1. The predicted octanol–water partition coefficient (Wildman–Crippen LogP) is 4.27. The molecule has 0 N–H and O–H groups in total. The van der Waals surface area contributed by atoms with Crippen LogP contribution < -0.4 is 33.8 Å². The second-order valence-corrected chi connectivity index (χ2v) is 10.5. The number of fused-ring (bicyclic) bond motifs is 1. The Hall–Kier alpha value is -4.83. The number of nitrogens with zero attached hydrogens (tertiary/aromatic N) is 2. The van der Waals surface area contributed by atoms with Gasteiger partial charge in [-0.1, -0.05) is 47.7 Å². The molecule has 0 spiro atoms. The van der Waals surface area contributed by atoms with Gasteiger partial charge in [-0.3, -0.25) is 9.36 Å². The lowest BCUT2D eigenvalue weighted by atomic mass is 9.96. The van der Waals surface area contributed by atoms with Crippen LogP contribution in [0.3, 0.4) is 0 Å². The zero-order valence-electron chi connectivity index (χ0n) is 24.4. The van der Waals surface area contributed by atoms with Crippen molar-refractivity contribution in [3.8, 4) is 23.0 Å². The Kier molecular flexibility index (Phi) is 9.26. The lowest BCUT2D eigenvalue weighted by Gasteiger charge is -2.24. The molecule has 43 heavy (non-hydrogen) atoms. The lowest BCUT2D eigenvalue weighted by molar-refractivity contribution is -0.139. The molecule has 1 aromatic heterocycles. The molecule has 5 rings (SSSR count). The minimum Gasteiger partial charge on any atom is -0.497 e. The maximum absolute atomic E-state index is 13.9. The topological polar surface area (TPSA) is 97.6 Å². The smallest absolute Gasteiger partial charge is 0.338 e. The second kappa shape index (κ2) is 13.4. The number of carbonyl (C=O) groups is 1. The van der Waals surface area contributed by atoms with Crippen LogP contribution in [0.2, 0.25) is 0 Å². The Labute approximate surface area is 252 Å². The molecule has 10 heteroatoms. The molecular weight excluding hydrogens is 568 g/mol. The molecule has 1 aliphatic rings. The minimum atomic E-state index is -0.702. The standard InChI is InChI=1S/C33H32N2O7S/c1-5-40-32(37)29-21(2)34-33-35(30(29)23-12-14-24(38-3)15-13-23)31(36)28(43-33)20-22-11-16-26(27(19-22)39-4)42-18-17-41-25-9-7-6-8-10-25/h6-16,19-20,30H,5,17-18H2,1-4H3/b28-20+/t30-/m0/s1. The van der Waals surface area contributed by atoms with Crippen LogP contribution in [-0.2, 0) is 9.53 Å². The van der Waals surface area contributed by atoms with E-state index in [2.05, 4.69) is 4.99 Å². The van der Waals surface area contributed by atoms with E-state index in [-0.39, 0.29) is 12.2 Å². The van der Waals surface area contributed by atoms with Gasteiger partial charge in [-0.15, -0.1) is 0 Å². The number of carbonyl (C=O) groups excluding carboxylic acids is 1. The van der Waals surface area contributed by atoms with Crippen molar-refractivity contribution in [3.05, 3.63) is 115 Å². The summed E-state index contributed by atoms with van der Waals surface area (Å²) in [6, 6.07) is 21.6. The van der Waals surface area contributed by atoms with Gasteiger partial charge in [0.15, 0.2) is 16.3 Å². The summed E-state index contributed by atoms with van der Waals surface area (Å²) >= 11 is 1.25. The van der Waals surface area contributed by atoms with E-state index < -0.39 is 12.0 Å². The number of rotatable bonds is 11. The fraction of sp³-hybridized carbons (Fsp3) is 0.242. The van der Waals surface area contributed by atoms with Crippen LogP contribution in [0.4, 0.5) is 0 Å². The molecule has 3 aromatic carbocycles. The van der Waals surface area contributed by atoms with Crippen molar-refractivity contribution in [3.63, 3.8) is 0 Å². The first-order valence-corrected chi connectivity index (χ1v) is 14.6. The highest BCUT2D eigenvalue weighted by Gasteiger charge is 2.33. The van der Waals surface area contributed by atoms with E-state index in [1.807, 2.05) is 54.6 Å². The van der Waals surface area contributed by atoms with E-state index in [0.717, 1.165) is 16.9 Å². The van der Waals surface area contributed by atoms with Gasteiger partial charge >= 0.3 is 5.97 Å². The second-order valence-electron chi connectivity index (χ2n) is 9.50. The molecule has 0 saturated heterocycles. The maximum atomic E-state index is 13.9. The molecular formula is C33H32N2O7S. The molecule has 4 aromatic rings. The van der Waals surface area contributed by atoms with E-state index in [0.29, 0.717) is 51.1 Å². The zero-order valence-corrected chi connectivity index (χ0v) is 25.2. The third kappa shape index (κ3) is 6.49. The molecule has 1 atom stereocenters. The van der Waals surface area contributed by atoms with E-state index in [1.54, 1.807) is 56.9 Å². The average Bonchev–Trinajstić information content (AvgIpc) is 3.33. The number of esters is 1. The van der Waals surface area contributed by atoms with Crippen LogP contribution in [0, 0.1) is 0 Å². The normalized spacial score (nSPS) is 14.5. The number of allylic oxidation sites excluding steroid dienone is 1. The van der Waals surface area contributed by atoms with Gasteiger partial charge in [0.25, 0.3) is 5.56 Å². The predicted molar refractivity (Wildman–Crippen MR) is 164 cm³/mol.